The summed E-state index contributed by atoms with van der Waals surface area (Å²) < 4.78 is 1.65. The van der Waals surface area contributed by atoms with Gasteiger partial charge < -0.3 is 5.32 Å². The summed E-state index contributed by atoms with van der Waals surface area (Å²) in [5.74, 6) is -0.0993. The Bertz CT molecular complexity index is 660. The number of rotatable bonds is 4. The van der Waals surface area contributed by atoms with E-state index in [1.807, 2.05) is 43.3 Å². The number of carbonyl (C=O) groups excluding carboxylic acids is 1. The number of carbonyl (C=O) groups is 1. The number of hydrogen-bond acceptors (Lipinski definition) is 1. The molecule has 0 aliphatic heterocycles. The van der Waals surface area contributed by atoms with Crippen LogP contribution in [0.25, 0.3) is 0 Å². The van der Waals surface area contributed by atoms with Crippen molar-refractivity contribution in [3.8, 4) is 0 Å². The van der Waals surface area contributed by atoms with Crippen molar-refractivity contribution in [1.29, 1.82) is 0 Å². The van der Waals surface area contributed by atoms with Crippen LogP contribution in [-0.2, 0) is 6.42 Å². The highest BCUT2D eigenvalue weighted by atomic mass is 79.9. The van der Waals surface area contributed by atoms with Crippen molar-refractivity contribution in [2.45, 2.75) is 19.4 Å². The summed E-state index contributed by atoms with van der Waals surface area (Å²) in [6, 6.07) is 13.2. The van der Waals surface area contributed by atoms with Gasteiger partial charge in [-0.05, 0) is 65.2 Å². The van der Waals surface area contributed by atoms with Crippen LogP contribution in [0.2, 0.25) is 5.02 Å². The van der Waals surface area contributed by atoms with Gasteiger partial charge in [-0.1, -0.05) is 39.7 Å². The highest BCUT2D eigenvalue weighted by molar-refractivity contribution is 9.11. The minimum atomic E-state index is -0.0993. The molecule has 2 aromatic rings. The van der Waals surface area contributed by atoms with Gasteiger partial charge in [0.1, 0.15) is 0 Å². The van der Waals surface area contributed by atoms with E-state index in [4.69, 9.17) is 11.6 Å². The van der Waals surface area contributed by atoms with Crippen LogP contribution < -0.4 is 5.32 Å². The minimum absolute atomic E-state index is 0.0156. The summed E-state index contributed by atoms with van der Waals surface area (Å²) in [7, 11) is 0. The quantitative estimate of drug-likeness (QED) is 0.706. The van der Waals surface area contributed by atoms with Gasteiger partial charge in [-0.25, -0.2) is 0 Å². The van der Waals surface area contributed by atoms with Crippen molar-refractivity contribution in [1.82, 2.24) is 5.32 Å². The van der Waals surface area contributed by atoms with E-state index >= 15 is 0 Å². The number of amides is 1. The van der Waals surface area contributed by atoms with Gasteiger partial charge in [-0.3, -0.25) is 4.79 Å². The van der Waals surface area contributed by atoms with Gasteiger partial charge in [0.05, 0.1) is 5.56 Å². The third kappa shape index (κ3) is 4.83. The highest BCUT2D eigenvalue weighted by Crippen LogP contribution is 2.21. The Labute approximate surface area is 146 Å². The molecule has 2 aromatic carbocycles. The highest BCUT2D eigenvalue weighted by Gasteiger charge is 2.13. The fourth-order valence-corrected chi connectivity index (χ4v) is 3.04. The summed E-state index contributed by atoms with van der Waals surface area (Å²) in [6.45, 7) is 1.98. The molecule has 110 valence electrons. The molecule has 0 aromatic heterocycles. The average molecular weight is 432 g/mol. The van der Waals surface area contributed by atoms with Crippen LogP contribution in [0.5, 0.6) is 0 Å². The molecule has 0 fully saturated rings. The van der Waals surface area contributed by atoms with E-state index in [0.29, 0.717) is 10.6 Å². The third-order valence-corrected chi connectivity index (χ3v) is 4.40. The zero-order valence-electron chi connectivity index (χ0n) is 11.4. The molecule has 0 aliphatic rings. The molecule has 0 spiro atoms. The Hall–Kier alpha value is -0.840. The number of halogens is 3. The predicted octanol–water partition coefficient (Wildman–Crippen LogP) is 5.23. The Morgan fingerprint density at radius 3 is 2.71 bits per heavy atom. The first-order valence-corrected chi connectivity index (χ1v) is 8.42. The summed E-state index contributed by atoms with van der Waals surface area (Å²) in [6.07, 6.45) is 0.734. The van der Waals surface area contributed by atoms with Gasteiger partial charge >= 0.3 is 0 Å². The number of benzene rings is 2. The van der Waals surface area contributed by atoms with E-state index in [0.717, 1.165) is 20.9 Å². The van der Waals surface area contributed by atoms with E-state index in [1.54, 1.807) is 6.07 Å². The summed E-state index contributed by atoms with van der Waals surface area (Å²) in [5, 5.41) is 3.71. The maximum absolute atomic E-state index is 12.3. The fraction of sp³-hybridized carbons (Fsp3) is 0.188. The Balaban J connectivity index is 2.03. The second-order valence-electron chi connectivity index (χ2n) is 4.83. The van der Waals surface area contributed by atoms with Gasteiger partial charge in [0.25, 0.3) is 5.91 Å². The molecule has 5 heteroatoms. The van der Waals surface area contributed by atoms with Crippen LogP contribution in [0.15, 0.2) is 51.4 Å². The number of hydrogen-bond donors (Lipinski definition) is 1. The van der Waals surface area contributed by atoms with Crippen molar-refractivity contribution in [2.24, 2.45) is 0 Å². The molecule has 0 radical (unpaired) electrons. The third-order valence-electron chi connectivity index (χ3n) is 2.98. The van der Waals surface area contributed by atoms with E-state index in [2.05, 4.69) is 37.2 Å². The first-order valence-electron chi connectivity index (χ1n) is 6.46. The zero-order valence-corrected chi connectivity index (χ0v) is 15.3. The van der Waals surface area contributed by atoms with Crippen LogP contribution in [0, 0.1) is 0 Å². The molecule has 2 nitrogen and oxygen atoms in total. The number of nitrogens with one attached hydrogen (secondary N) is 1. The Kier molecular flexibility index (Phi) is 5.85. The van der Waals surface area contributed by atoms with Crippen molar-refractivity contribution < 1.29 is 4.79 Å². The van der Waals surface area contributed by atoms with Crippen LogP contribution in [0.1, 0.15) is 22.8 Å². The lowest BCUT2D eigenvalue weighted by Crippen LogP contribution is -2.34. The van der Waals surface area contributed by atoms with Crippen molar-refractivity contribution >= 4 is 49.4 Å². The van der Waals surface area contributed by atoms with Gasteiger partial charge in [0, 0.05) is 20.0 Å². The molecule has 0 saturated carbocycles. The summed E-state index contributed by atoms with van der Waals surface area (Å²) >= 11 is 12.7. The normalized spacial score (nSPS) is 12.0. The summed E-state index contributed by atoms with van der Waals surface area (Å²) in [5.41, 5.74) is 1.71. The summed E-state index contributed by atoms with van der Waals surface area (Å²) in [4.78, 5) is 12.3. The first-order chi connectivity index (χ1) is 9.95. The lowest BCUT2D eigenvalue weighted by atomic mass is 10.1. The van der Waals surface area contributed by atoms with Crippen LogP contribution in [-0.4, -0.2) is 11.9 Å². The molecular weight excluding hydrogens is 417 g/mol. The molecule has 0 saturated heterocycles. The monoisotopic (exact) mass is 429 g/mol. The fourth-order valence-electron chi connectivity index (χ4n) is 2.04. The molecule has 1 N–H and O–H groups in total. The van der Waals surface area contributed by atoms with E-state index < -0.39 is 0 Å². The van der Waals surface area contributed by atoms with Gasteiger partial charge in [0.15, 0.2) is 0 Å². The van der Waals surface area contributed by atoms with E-state index in [9.17, 15) is 4.79 Å². The second kappa shape index (κ2) is 7.43. The smallest absolute Gasteiger partial charge is 0.252 e. The van der Waals surface area contributed by atoms with E-state index in [1.165, 1.54) is 0 Å². The van der Waals surface area contributed by atoms with Crippen LogP contribution in [0.3, 0.4) is 0 Å². The van der Waals surface area contributed by atoms with Crippen LogP contribution >= 0.6 is 43.5 Å². The topological polar surface area (TPSA) is 29.1 Å². The van der Waals surface area contributed by atoms with Gasteiger partial charge in [0.2, 0.25) is 0 Å². The zero-order chi connectivity index (χ0) is 15.4. The van der Waals surface area contributed by atoms with Crippen molar-refractivity contribution in [3.05, 3.63) is 67.6 Å². The Morgan fingerprint density at radius 2 is 2.00 bits per heavy atom. The van der Waals surface area contributed by atoms with E-state index in [-0.39, 0.29) is 11.9 Å². The molecule has 0 heterocycles. The largest absolute Gasteiger partial charge is 0.349 e. The van der Waals surface area contributed by atoms with Crippen LogP contribution in [0.4, 0.5) is 0 Å². The Morgan fingerprint density at radius 1 is 1.24 bits per heavy atom. The maximum Gasteiger partial charge on any atom is 0.252 e. The second-order valence-corrected chi connectivity index (χ2v) is 7.04. The molecule has 21 heavy (non-hydrogen) atoms. The first kappa shape index (κ1) is 16.5. The van der Waals surface area contributed by atoms with Gasteiger partial charge in [-0.2, -0.15) is 0 Å². The van der Waals surface area contributed by atoms with Gasteiger partial charge in [-0.15, -0.1) is 0 Å². The van der Waals surface area contributed by atoms with Crippen molar-refractivity contribution in [3.63, 3.8) is 0 Å². The maximum atomic E-state index is 12.3. The SMILES string of the molecule is CC(Cc1cccc(Cl)c1)NC(=O)c1cc(Br)ccc1Br. The standard InChI is InChI=1S/C16H14Br2ClNO/c1-10(7-11-3-2-4-13(19)8-11)20-16(21)14-9-12(17)5-6-15(14)18/h2-6,8-10H,7H2,1H3,(H,20,21). The van der Waals surface area contributed by atoms with Crippen molar-refractivity contribution in [2.75, 3.05) is 0 Å². The molecular formula is C16H14Br2ClNO. The molecule has 1 amide bonds. The predicted molar refractivity (Wildman–Crippen MR) is 93.9 cm³/mol. The molecule has 0 bridgehead atoms. The molecule has 2 rings (SSSR count). The average Bonchev–Trinajstić information content (AvgIpc) is 2.41. The molecule has 0 aliphatic carbocycles. The minimum Gasteiger partial charge on any atom is -0.349 e. The lowest BCUT2D eigenvalue weighted by Gasteiger charge is -2.15. The molecule has 1 atom stereocenters. The molecule has 1 unspecified atom stereocenters. The lowest BCUT2D eigenvalue weighted by molar-refractivity contribution is 0.0939.